The van der Waals surface area contributed by atoms with Crippen molar-refractivity contribution in [3.8, 4) is 0 Å². The molecule has 6 heteroatoms. The van der Waals surface area contributed by atoms with E-state index in [-0.39, 0.29) is 5.46 Å². The van der Waals surface area contributed by atoms with E-state index in [4.69, 9.17) is 9.31 Å². The summed E-state index contributed by atoms with van der Waals surface area (Å²) in [6.07, 6.45) is -2.77. The fraction of sp³-hybridized carbons (Fsp3) is 0.538. The Kier molecular flexibility index (Phi) is 3.43. The zero-order valence-electron chi connectivity index (χ0n) is 11.3. The highest BCUT2D eigenvalue weighted by molar-refractivity contribution is 6.62. The van der Waals surface area contributed by atoms with Gasteiger partial charge in [-0.15, -0.1) is 0 Å². The van der Waals surface area contributed by atoms with Gasteiger partial charge in [-0.2, -0.15) is 0 Å². The van der Waals surface area contributed by atoms with Crippen molar-refractivity contribution in [2.45, 2.75) is 45.3 Å². The highest BCUT2D eigenvalue weighted by atomic mass is 19.3. The number of alkyl halides is 2. The van der Waals surface area contributed by atoms with Gasteiger partial charge >= 0.3 is 7.12 Å². The van der Waals surface area contributed by atoms with Gasteiger partial charge < -0.3 is 9.31 Å². The minimum Gasteiger partial charge on any atom is -0.399 e. The third-order valence-corrected chi connectivity index (χ3v) is 3.79. The van der Waals surface area contributed by atoms with Gasteiger partial charge in [0.2, 0.25) is 0 Å². The summed E-state index contributed by atoms with van der Waals surface area (Å²) in [6.45, 7) is 7.33. The van der Waals surface area contributed by atoms with Gasteiger partial charge in [-0.05, 0) is 45.3 Å². The Bertz CT molecular complexity index is 473. The fourth-order valence-electron chi connectivity index (χ4n) is 1.92. The molecule has 1 heterocycles. The van der Waals surface area contributed by atoms with Crippen molar-refractivity contribution in [2.75, 3.05) is 0 Å². The maximum Gasteiger partial charge on any atom is 0.495 e. The Morgan fingerprint density at radius 2 is 1.58 bits per heavy atom. The Labute approximate surface area is 111 Å². The van der Waals surface area contributed by atoms with Crippen molar-refractivity contribution in [2.24, 2.45) is 0 Å². The minimum absolute atomic E-state index is 0.176. The Morgan fingerprint density at radius 1 is 1.05 bits per heavy atom. The van der Waals surface area contributed by atoms with Crippen LogP contribution in [0.5, 0.6) is 0 Å². The molecule has 104 valence electrons. The second kappa shape index (κ2) is 4.53. The molecule has 1 aromatic carbocycles. The molecule has 1 aromatic rings. The van der Waals surface area contributed by atoms with E-state index in [2.05, 4.69) is 0 Å². The summed E-state index contributed by atoms with van der Waals surface area (Å²) in [4.78, 5) is 0. The number of benzene rings is 1. The predicted octanol–water partition coefficient (Wildman–Crippen LogP) is 3.06. The lowest BCUT2D eigenvalue weighted by Crippen LogP contribution is -2.41. The lowest BCUT2D eigenvalue weighted by molar-refractivity contribution is 0.00578. The molecule has 0 atom stereocenters. The van der Waals surface area contributed by atoms with Crippen LogP contribution in [0.15, 0.2) is 18.2 Å². The molecular weight excluding hydrogens is 256 g/mol. The summed E-state index contributed by atoms with van der Waals surface area (Å²) in [6, 6.07) is 3.25. The average molecular weight is 272 g/mol. The zero-order chi connectivity index (χ0) is 14.4. The van der Waals surface area contributed by atoms with Crippen LogP contribution in [0.3, 0.4) is 0 Å². The van der Waals surface area contributed by atoms with E-state index in [1.54, 1.807) is 0 Å². The summed E-state index contributed by atoms with van der Waals surface area (Å²) in [5.41, 5.74) is -1.45. The molecule has 19 heavy (non-hydrogen) atoms. The summed E-state index contributed by atoms with van der Waals surface area (Å²) < 4.78 is 50.4. The lowest BCUT2D eigenvalue weighted by atomic mass is 9.76. The molecule has 0 aliphatic carbocycles. The highest BCUT2D eigenvalue weighted by Crippen LogP contribution is 2.37. The van der Waals surface area contributed by atoms with Crippen molar-refractivity contribution >= 4 is 12.6 Å². The molecule has 2 rings (SSSR count). The van der Waals surface area contributed by atoms with Crippen molar-refractivity contribution in [1.82, 2.24) is 0 Å². The topological polar surface area (TPSA) is 18.5 Å². The molecule has 1 fully saturated rings. The molecule has 1 aliphatic rings. The van der Waals surface area contributed by atoms with E-state index in [9.17, 15) is 13.2 Å². The van der Waals surface area contributed by atoms with E-state index in [1.807, 2.05) is 27.7 Å². The van der Waals surface area contributed by atoms with E-state index in [1.165, 1.54) is 6.07 Å². The largest absolute Gasteiger partial charge is 0.495 e. The molecule has 0 unspecified atom stereocenters. The summed E-state index contributed by atoms with van der Waals surface area (Å²) in [5.74, 6) is -0.699. The molecule has 1 aliphatic heterocycles. The van der Waals surface area contributed by atoms with Crippen LogP contribution in [0.1, 0.15) is 39.7 Å². The van der Waals surface area contributed by atoms with Crippen molar-refractivity contribution in [3.05, 3.63) is 29.6 Å². The smallest absolute Gasteiger partial charge is 0.399 e. The van der Waals surface area contributed by atoms with Gasteiger partial charge in [0.25, 0.3) is 6.43 Å². The molecule has 0 radical (unpaired) electrons. The Hall–Kier alpha value is -1.01. The summed E-state index contributed by atoms with van der Waals surface area (Å²) in [5, 5.41) is 0. The second-order valence-electron chi connectivity index (χ2n) is 5.66. The first-order chi connectivity index (χ1) is 8.64. The number of hydrogen-bond acceptors (Lipinski definition) is 2. The quantitative estimate of drug-likeness (QED) is 0.770. The Morgan fingerprint density at radius 3 is 2.05 bits per heavy atom. The van der Waals surface area contributed by atoms with Crippen LogP contribution >= 0.6 is 0 Å². The van der Waals surface area contributed by atoms with Crippen molar-refractivity contribution in [3.63, 3.8) is 0 Å². The predicted molar refractivity (Wildman–Crippen MR) is 67.1 cm³/mol. The molecule has 0 aromatic heterocycles. The molecule has 0 spiro atoms. The van der Waals surface area contributed by atoms with Gasteiger partial charge in [0.15, 0.2) is 0 Å². The first kappa shape index (κ1) is 14.4. The maximum atomic E-state index is 13.1. The molecular formula is C13H16BF3O2. The molecule has 0 bridgehead atoms. The molecule has 0 amide bonds. The third kappa shape index (κ3) is 2.51. The average Bonchev–Trinajstić information content (AvgIpc) is 2.47. The lowest BCUT2D eigenvalue weighted by Gasteiger charge is -2.32. The van der Waals surface area contributed by atoms with E-state index >= 15 is 0 Å². The SMILES string of the molecule is CC1(C)OB(c2ccc(F)cc2C(F)F)OC1(C)C. The number of hydrogen-bond donors (Lipinski definition) is 0. The van der Waals surface area contributed by atoms with Crippen LogP contribution < -0.4 is 5.46 Å². The molecule has 2 nitrogen and oxygen atoms in total. The van der Waals surface area contributed by atoms with E-state index in [0.29, 0.717) is 0 Å². The fourth-order valence-corrected chi connectivity index (χ4v) is 1.92. The zero-order valence-corrected chi connectivity index (χ0v) is 11.3. The minimum atomic E-state index is -2.77. The highest BCUT2D eigenvalue weighted by Gasteiger charge is 2.52. The van der Waals surface area contributed by atoms with Gasteiger partial charge in [0.05, 0.1) is 11.2 Å². The third-order valence-electron chi connectivity index (χ3n) is 3.79. The van der Waals surface area contributed by atoms with Gasteiger partial charge in [-0.25, -0.2) is 13.2 Å². The van der Waals surface area contributed by atoms with E-state index in [0.717, 1.165) is 12.1 Å². The summed E-state index contributed by atoms with van der Waals surface area (Å²) >= 11 is 0. The van der Waals surface area contributed by atoms with Crippen LogP contribution in [0.4, 0.5) is 13.2 Å². The molecule has 1 saturated heterocycles. The number of rotatable bonds is 2. The standard InChI is InChI=1S/C13H16BF3O2/c1-12(2)13(3,4)19-14(18-12)10-6-5-8(15)7-9(10)11(16)17/h5-7,11H,1-4H3. The molecule has 0 N–H and O–H groups in total. The van der Waals surface area contributed by atoms with E-state index < -0.39 is 36.1 Å². The van der Waals surface area contributed by atoms with Crippen LogP contribution in [-0.4, -0.2) is 18.3 Å². The molecule has 0 saturated carbocycles. The van der Waals surface area contributed by atoms with Crippen molar-refractivity contribution in [1.29, 1.82) is 0 Å². The Balaban J connectivity index is 2.39. The first-order valence-corrected chi connectivity index (χ1v) is 6.07. The maximum absolute atomic E-state index is 13.1. The van der Waals surface area contributed by atoms with Crippen LogP contribution in [0.25, 0.3) is 0 Å². The van der Waals surface area contributed by atoms with Gasteiger partial charge in [-0.3, -0.25) is 0 Å². The summed E-state index contributed by atoms with van der Waals surface area (Å²) in [7, 11) is -0.908. The van der Waals surface area contributed by atoms with Crippen LogP contribution in [0, 0.1) is 5.82 Å². The monoisotopic (exact) mass is 272 g/mol. The first-order valence-electron chi connectivity index (χ1n) is 6.07. The van der Waals surface area contributed by atoms with Crippen molar-refractivity contribution < 1.29 is 22.5 Å². The number of halogens is 3. The normalized spacial score (nSPS) is 21.2. The van der Waals surface area contributed by atoms with Gasteiger partial charge in [0.1, 0.15) is 5.82 Å². The second-order valence-corrected chi connectivity index (χ2v) is 5.66. The van der Waals surface area contributed by atoms with Crippen LogP contribution in [0.2, 0.25) is 0 Å². The van der Waals surface area contributed by atoms with Crippen LogP contribution in [-0.2, 0) is 9.31 Å². The van der Waals surface area contributed by atoms with Gasteiger partial charge in [0, 0.05) is 5.56 Å². The van der Waals surface area contributed by atoms with Gasteiger partial charge in [-0.1, -0.05) is 6.07 Å².